The van der Waals surface area contributed by atoms with E-state index in [4.69, 9.17) is 10.5 Å². The first-order valence-electron chi connectivity index (χ1n) is 5.30. The molecular weight excluding hydrogens is 296 g/mol. The number of hydrogen-bond donors (Lipinski definition) is 2. The van der Waals surface area contributed by atoms with E-state index in [1.54, 1.807) is 6.07 Å². The van der Waals surface area contributed by atoms with Gasteiger partial charge in [-0.15, -0.1) is 0 Å². The molecule has 3 N–H and O–H groups in total. The van der Waals surface area contributed by atoms with E-state index in [1.807, 2.05) is 25.1 Å². The molecule has 2 rings (SSSR count). The zero-order valence-electron chi connectivity index (χ0n) is 10.1. The number of hydrogen-bond acceptors (Lipinski definition) is 5. The number of aromatic nitrogens is 2. The first-order valence-corrected chi connectivity index (χ1v) is 6.09. The maximum Gasteiger partial charge on any atom is 0.225 e. The average molecular weight is 309 g/mol. The third-order valence-corrected chi connectivity index (χ3v) is 3.25. The van der Waals surface area contributed by atoms with Crippen LogP contribution in [0.15, 0.2) is 28.7 Å². The number of nitrogen functional groups attached to an aromatic ring is 1. The molecule has 0 aliphatic rings. The standard InChI is InChI=1S/C12H13BrN4O/c1-7-5-8(3-4-9(7)13)15-10-6-11(18-2)17-12(14)16-10/h3-6H,1-2H3,(H3,14,15,16,17). The minimum absolute atomic E-state index is 0.172. The van der Waals surface area contributed by atoms with Gasteiger partial charge in [0.15, 0.2) is 0 Å². The Balaban J connectivity index is 2.27. The molecule has 0 spiro atoms. The van der Waals surface area contributed by atoms with Crippen LogP contribution in [0.1, 0.15) is 5.56 Å². The zero-order valence-corrected chi connectivity index (χ0v) is 11.7. The second-order valence-corrected chi connectivity index (χ2v) is 4.60. The fourth-order valence-corrected chi connectivity index (χ4v) is 1.73. The van der Waals surface area contributed by atoms with Gasteiger partial charge in [-0.05, 0) is 30.7 Å². The van der Waals surface area contributed by atoms with Crippen LogP contribution in [0.25, 0.3) is 0 Å². The largest absolute Gasteiger partial charge is 0.481 e. The van der Waals surface area contributed by atoms with Gasteiger partial charge in [-0.25, -0.2) is 0 Å². The molecule has 0 aliphatic carbocycles. The molecule has 18 heavy (non-hydrogen) atoms. The Kier molecular flexibility index (Phi) is 3.66. The Morgan fingerprint density at radius 2 is 2.06 bits per heavy atom. The van der Waals surface area contributed by atoms with Gasteiger partial charge in [0.1, 0.15) is 5.82 Å². The van der Waals surface area contributed by atoms with Gasteiger partial charge < -0.3 is 15.8 Å². The summed E-state index contributed by atoms with van der Waals surface area (Å²) in [6, 6.07) is 7.61. The maximum absolute atomic E-state index is 5.59. The summed E-state index contributed by atoms with van der Waals surface area (Å²) in [6.45, 7) is 2.02. The highest BCUT2D eigenvalue weighted by atomic mass is 79.9. The maximum atomic E-state index is 5.59. The van der Waals surface area contributed by atoms with Gasteiger partial charge in [-0.2, -0.15) is 9.97 Å². The Hall–Kier alpha value is -1.82. The van der Waals surface area contributed by atoms with E-state index in [0.717, 1.165) is 15.7 Å². The van der Waals surface area contributed by atoms with E-state index < -0.39 is 0 Å². The van der Waals surface area contributed by atoms with Crippen molar-refractivity contribution >= 4 is 33.4 Å². The van der Waals surface area contributed by atoms with Gasteiger partial charge in [0.25, 0.3) is 0 Å². The van der Waals surface area contributed by atoms with Crippen molar-refractivity contribution in [2.24, 2.45) is 0 Å². The SMILES string of the molecule is COc1cc(Nc2ccc(Br)c(C)c2)nc(N)n1. The molecular formula is C12H13BrN4O. The van der Waals surface area contributed by atoms with Gasteiger partial charge in [0.05, 0.1) is 7.11 Å². The molecule has 5 nitrogen and oxygen atoms in total. The van der Waals surface area contributed by atoms with Crippen molar-refractivity contribution in [3.05, 3.63) is 34.3 Å². The number of ether oxygens (including phenoxy) is 1. The van der Waals surface area contributed by atoms with E-state index in [1.165, 1.54) is 7.11 Å². The van der Waals surface area contributed by atoms with Gasteiger partial charge >= 0.3 is 0 Å². The van der Waals surface area contributed by atoms with Crippen LogP contribution in [0, 0.1) is 6.92 Å². The minimum atomic E-state index is 0.172. The molecule has 1 aromatic heterocycles. The Bertz CT molecular complexity index is 574. The predicted octanol–water partition coefficient (Wildman–Crippen LogP) is 2.88. The van der Waals surface area contributed by atoms with Crippen LogP contribution in [0.3, 0.4) is 0 Å². The van der Waals surface area contributed by atoms with E-state index in [9.17, 15) is 0 Å². The average Bonchev–Trinajstić information content (AvgIpc) is 2.33. The Labute approximate surface area is 114 Å². The van der Waals surface area contributed by atoms with Crippen molar-refractivity contribution in [2.45, 2.75) is 6.92 Å². The Morgan fingerprint density at radius 3 is 2.72 bits per heavy atom. The molecule has 1 aromatic carbocycles. The number of nitrogens with zero attached hydrogens (tertiary/aromatic N) is 2. The summed E-state index contributed by atoms with van der Waals surface area (Å²) in [4.78, 5) is 8.02. The molecule has 94 valence electrons. The van der Waals surface area contributed by atoms with Crippen LogP contribution in [-0.2, 0) is 0 Å². The van der Waals surface area contributed by atoms with E-state index in [0.29, 0.717) is 11.7 Å². The first kappa shape index (κ1) is 12.6. The summed E-state index contributed by atoms with van der Waals surface area (Å²) in [6.07, 6.45) is 0. The zero-order chi connectivity index (χ0) is 13.1. The van der Waals surface area contributed by atoms with Crippen molar-refractivity contribution in [1.82, 2.24) is 9.97 Å². The summed E-state index contributed by atoms with van der Waals surface area (Å²) in [5, 5.41) is 3.16. The highest BCUT2D eigenvalue weighted by Crippen LogP contribution is 2.23. The number of benzene rings is 1. The number of halogens is 1. The molecule has 1 heterocycles. The monoisotopic (exact) mass is 308 g/mol. The number of rotatable bonds is 3. The summed E-state index contributed by atoms with van der Waals surface area (Å²) in [5.41, 5.74) is 7.65. The lowest BCUT2D eigenvalue weighted by Gasteiger charge is -2.09. The molecule has 0 bridgehead atoms. The third kappa shape index (κ3) is 2.89. The second kappa shape index (κ2) is 5.22. The Morgan fingerprint density at radius 1 is 1.28 bits per heavy atom. The molecule has 2 aromatic rings. The summed E-state index contributed by atoms with van der Waals surface area (Å²) >= 11 is 3.46. The summed E-state index contributed by atoms with van der Waals surface area (Å²) in [5.74, 6) is 1.20. The molecule has 0 aliphatic heterocycles. The molecule has 6 heteroatoms. The fraction of sp³-hybridized carbons (Fsp3) is 0.167. The number of anilines is 3. The van der Waals surface area contributed by atoms with Crippen molar-refractivity contribution in [1.29, 1.82) is 0 Å². The van der Waals surface area contributed by atoms with Crippen molar-refractivity contribution in [3.8, 4) is 5.88 Å². The van der Waals surface area contributed by atoms with Gasteiger partial charge in [-0.3, -0.25) is 0 Å². The molecule has 0 saturated carbocycles. The van der Waals surface area contributed by atoms with Crippen molar-refractivity contribution < 1.29 is 4.74 Å². The second-order valence-electron chi connectivity index (χ2n) is 3.74. The van der Waals surface area contributed by atoms with E-state index in [-0.39, 0.29) is 5.95 Å². The fourth-order valence-electron chi connectivity index (χ4n) is 1.48. The van der Waals surface area contributed by atoms with Crippen LogP contribution >= 0.6 is 15.9 Å². The highest BCUT2D eigenvalue weighted by molar-refractivity contribution is 9.10. The summed E-state index contributed by atoms with van der Waals surface area (Å²) < 4.78 is 6.10. The first-order chi connectivity index (χ1) is 8.58. The van der Waals surface area contributed by atoms with Crippen LogP contribution in [0.2, 0.25) is 0 Å². The third-order valence-electron chi connectivity index (χ3n) is 2.36. The molecule has 0 atom stereocenters. The molecule has 0 amide bonds. The normalized spacial score (nSPS) is 10.2. The molecule has 0 fully saturated rings. The van der Waals surface area contributed by atoms with Crippen LogP contribution < -0.4 is 15.8 Å². The molecule has 0 saturated heterocycles. The summed E-state index contributed by atoms with van der Waals surface area (Å²) in [7, 11) is 1.54. The van der Waals surface area contributed by atoms with Gasteiger partial charge in [-0.1, -0.05) is 15.9 Å². The number of nitrogens with two attached hydrogens (primary N) is 1. The smallest absolute Gasteiger partial charge is 0.225 e. The van der Waals surface area contributed by atoms with E-state index in [2.05, 4.69) is 31.2 Å². The van der Waals surface area contributed by atoms with Crippen molar-refractivity contribution in [3.63, 3.8) is 0 Å². The van der Waals surface area contributed by atoms with E-state index >= 15 is 0 Å². The number of methoxy groups -OCH3 is 1. The highest BCUT2D eigenvalue weighted by Gasteiger charge is 2.03. The quantitative estimate of drug-likeness (QED) is 0.912. The van der Waals surface area contributed by atoms with Gasteiger partial charge in [0.2, 0.25) is 11.8 Å². The van der Waals surface area contributed by atoms with Gasteiger partial charge in [0, 0.05) is 16.2 Å². The predicted molar refractivity (Wildman–Crippen MR) is 75.2 cm³/mol. The minimum Gasteiger partial charge on any atom is -0.481 e. The van der Waals surface area contributed by atoms with Crippen LogP contribution in [0.5, 0.6) is 5.88 Å². The lowest BCUT2D eigenvalue weighted by molar-refractivity contribution is 0.398. The number of aryl methyl sites for hydroxylation is 1. The lowest BCUT2D eigenvalue weighted by Crippen LogP contribution is -2.01. The molecule has 0 unspecified atom stereocenters. The number of nitrogens with one attached hydrogen (secondary N) is 1. The lowest BCUT2D eigenvalue weighted by atomic mass is 10.2. The van der Waals surface area contributed by atoms with Crippen LogP contribution in [-0.4, -0.2) is 17.1 Å². The topological polar surface area (TPSA) is 73.1 Å². The molecule has 0 radical (unpaired) electrons. The van der Waals surface area contributed by atoms with Crippen molar-refractivity contribution in [2.75, 3.05) is 18.2 Å². The van der Waals surface area contributed by atoms with Crippen LogP contribution in [0.4, 0.5) is 17.5 Å².